The van der Waals surface area contributed by atoms with Crippen LogP contribution in [-0.2, 0) is 6.42 Å². The maximum Gasteiger partial charge on any atom is 0.337 e. The predicted molar refractivity (Wildman–Crippen MR) is 86.7 cm³/mol. The Morgan fingerprint density at radius 2 is 2.15 bits per heavy atom. The lowest BCUT2D eigenvalue weighted by Crippen LogP contribution is -2.11. The van der Waals surface area contributed by atoms with E-state index in [2.05, 4.69) is 20.9 Å². The molecule has 2 aromatic rings. The van der Waals surface area contributed by atoms with Gasteiger partial charge in [0.2, 0.25) is 0 Å². The number of carboxylic acid groups (broad SMARTS) is 1. The van der Waals surface area contributed by atoms with E-state index in [0.29, 0.717) is 5.56 Å². The molecular weight excluding hydrogens is 338 g/mol. The largest absolute Gasteiger partial charge is 0.478 e. The number of halogens is 1. The number of rotatable bonds is 3. The molecule has 0 amide bonds. The Morgan fingerprint density at radius 3 is 2.85 bits per heavy atom. The van der Waals surface area contributed by atoms with Crippen molar-refractivity contribution in [2.24, 2.45) is 5.92 Å². The standard InChI is InChI=1S/C15H16BrNO2S/c16-11-6-12-10(5-9-1-3-20-4-2-9)8-17-14(12)13(7-11)15(18)19/h6-9,17H,1-5H2,(H,18,19). The SMILES string of the molecule is O=C(O)c1cc(Br)cc2c(CC3CCSCC3)c[nH]c12. The lowest BCUT2D eigenvalue weighted by atomic mass is 9.93. The molecule has 1 aromatic carbocycles. The van der Waals surface area contributed by atoms with E-state index < -0.39 is 5.97 Å². The smallest absolute Gasteiger partial charge is 0.337 e. The number of thioether (sulfide) groups is 1. The second kappa shape index (κ2) is 5.82. The Balaban J connectivity index is 1.97. The van der Waals surface area contributed by atoms with E-state index in [9.17, 15) is 9.90 Å². The van der Waals surface area contributed by atoms with E-state index >= 15 is 0 Å². The Labute approximate surface area is 130 Å². The van der Waals surface area contributed by atoms with Crippen LogP contribution in [0.5, 0.6) is 0 Å². The number of hydrogen-bond acceptors (Lipinski definition) is 2. The molecule has 0 unspecified atom stereocenters. The van der Waals surface area contributed by atoms with E-state index in [1.807, 2.05) is 24.0 Å². The molecule has 2 heterocycles. The van der Waals surface area contributed by atoms with Crippen LogP contribution in [0.15, 0.2) is 22.8 Å². The minimum absolute atomic E-state index is 0.333. The third-order valence-electron chi connectivity index (χ3n) is 3.92. The zero-order chi connectivity index (χ0) is 14.1. The molecule has 5 heteroatoms. The van der Waals surface area contributed by atoms with Gasteiger partial charge >= 0.3 is 5.97 Å². The first-order valence-corrected chi connectivity index (χ1v) is 8.70. The minimum Gasteiger partial charge on any atom is -0.478 e. The molecule has 3 nitrogen and oxygen atoms in total. The third kappa shape index (κ3) is 2.74. The van der Waals surface area contributed by atoms with Gasteiger partial charge in [-0.05, 0) is 54.4 Å². The van der Waals surface area contributed by atoms with Crippen molar-refractivity contribution in [2.45, 2.75) is 19.3 Å². The predicted octanol–water partition coefficient (Wildman–Crippen LogP) is 4.31. The summed E-state index contributed by atoms with van der Waals surface area (Å²) in [6.07, 6.45) is 5.54. The summed E-state index contributed by atoms with van der Waals surface area (Å²) >= 11 is 5.45. The van der Waals surface area contributed by atoms with Crippen LogP contribution in [-0.4, -0.2) is 27.6 Å². The number of carbonyl (C=O) groups is 1. The van der Waals surface area contributed by atoms with Crippen LogP contribution in [0.3, 0.4) is 0 Å². The second-order valence-corrected chi connectivity index (χ2v) is 7.40. The normalized spacial score (nSPS) is 16.6. The fraction of sp³-hybridized carbons (Fsp3) is 0.400. The van der Waals surface area contributed by atoms with Crippen molar-refractivity contribution < 1.29 is 9.90 Å². The first kappa shape index (κ1) is 14.0. The molecule has 1 aromatic heterocycles. The Hall–Kier alpha value is -0.940. The van der Waals surface area contributed by atoms with E-state index in [1.54, 1.807) is 6.07 Å². The van der Waals surface area contributed by atoms with Gasteiger partial charge in [0, 0.05) is 16.1 Å². The van der Waals surface area contributed by atoms with Crippen molar-refractivity contribution in [1.82, 2.24) is 4.98 Å². The number of H-pyrrole nitrogens is 1. The zero-order valence-corrected chi connectivity index (χ0v) is 13.4. The van der Waals surface area contributed by atoms with Gasteiger partial charge < -0.3 is 10.1 Å². The molecule has 0 saturated carbocycles. The van der Waals surface area contributed by atoms with Gasteiger partial charge in [-0.15, -0.1) is 0 Å². The topological polar surface area (TPSA) is 53.1 Å². The summed E-state index contributed by atoms with van der Waals surface area (Å²) in [5, 5.41) is 10.3. The maximum absolute atomic E-state index is 11.3. The van der Waals surface area contributed by atoms with Crippen LogP contribution < -0.4 is 0 Å². The fourth-order valence-corrected chi connectivity index (χ4v) is 4.51. The Bertz CT molecular complexity index is 647. The molecule has 1 saturated heterocycles. The van der Waals surface area contributed by atoms with Gasteiger partial charge in [-0.25, -0.2) is 4.79 Å². The highest BCUT2D eigenvalue weighted by molar-refractivity contribution is 9.10. The molecular formula is C15H16BrNO2S. The van der Waals surface area contributed by atoms with Crippen molar-refractivity contribution in [3.8, 4) is 0 Å². The third-order valence-corrected chi connectivity index (χ3v) is 5.43. The van der Waals surface area contributed by atoms with E-state index in [-0.39, 0.29) is 0 Å². The van der Waals surface area contributed by atoms with Crippen LogP contribution in [0.4, 0.5) is 0 Å². The van der Waals surface area contributed by atoms with Crippen LogP contribution in [0.25, 0.3) is 10.9 Å². The summed E-state index contributed by atoms with van der Waals surface area (Å²) in [7, 11) is 0. The van der Waals surface area contributed by atoms with E-state index in [4.69, 9.17) is 0 Å². The van der Waals surface area contributed by atoms with Crippen molar-refractivity contribution in [1.29, 1.82) is 0 Å². The molecule has 1 aliphatic rings. The average molecular weight is 354 g/mol. The van der Waals surface area contributed by atoms with Gasteiger partial charge in [-0.3, -0.25) is 0 Å². The van der Waals surface area contributed by atoms with Gasteiger partial charge in [-0.1, -0.05) is 15.9 Å². The van der Waals surface area contributed by atoms with Crippen molar-refractivity contribution in [2.75, 3.05) is 11.5 Å². The number of carboxylic acids is 1. The molecule has 0 bridgehead atoms. The summed E-state index contributed by atoms with van der Waals surface area (Å²) in [4.78, 5) is 14.5. The van der Waals surface area contributed by atoms with Crippen molar-refractivity contribution >= 4 is 44.6 Å². The number of nitrogens with one attached hydrogen (secondary N) is 1. The highest BCUT2D eigenvalue weighted by Gasteiger charge is 2.18. The first-order valence-electron chi connectivity index (χ1n) is 6.75. The van der Waals surface area contributed by atoms with Crippen LogP contribution >= 0.6 is 27.7 Å². The van der Waals surface area contributed by atoms with E-state index in [1.165, 1.54) is 29.9 Å². The first-order chi connectivity index (χ1) is 9.65. The lowest BCUT2D eigenvalue weighted by Gasteiger charge is -2.20. The molecule has 0 aliphatic carbocycles. The van der Waals surface area contributed by atoms with Gasteiger partial charge in [0.15, 0.2) is 0 Å². The number of fused-ring (bicyclic) bond motifs is 1. The summed E-state index contributed by atoms with van der Waals surface area (Å²) in [6, 6.07) is 3.67. The zero-order valence-electron chi connectivity index (χ0n) is 11.0. The monoisotopic (exact) mass is 353 g/mol. The van der Waals surface area contributed by atoms with Gasteiger partial charge in [0.1, 0.15) is 0 Å². The number of benzene rings is 1. The maximum atomic E-state index is 11.3. The number of aromatic amines is 1. The minimum atomic E-state index is -0.890. The van der Waals surface area contributed by atoms with Crippen molar-refractivity contribution in [3.63, 3.8) is 0 Å². The Morgan fingerprint density at radius 1 is 1.40 bits per heavy atom. The average Bonchev–Trinajstić information content (AvgIpc) is 2.82. The summed E-state index contributed by atoms with van der Waals surface area (Å²) < 4.78 is 0.822. The quantitative estimate of drug-likeness (QED) is 0.863. The molecule has 0 spiro atoms. The molecule has 106 valence electrons. The molecule has 1 aliphatic heterocycles. The molecule has 0 radical (unpaired) electrons. The van der Waals surface area contributed by atoms with Gasteiger partial charge in [0.05, 0.1) is 11.1 Å². The van der Waals surface area contributed by atoms with Crippen LogP contribution in [0.2, 0.25) is 0 Å². The number of hydrogen-bond donors (Lipinski definition) is 2. The summed E-state index contributed by atoms with van der Waals surface area (Å²) in [6.45, 7) is 0. The lowest BCUT2D eigenvalue weighted by molar-refractivity contribution is 0.0699. The molecule has 1 fully saturated rings. The fourth-order valence-electron chi connectivity index (χ4n) is 2.85. The van der Waals surface area contributed by atoms with Crippen molar-refractivity contribution in [3.05, 3.63) is 33.9 Å². The van der Waals surface area contributed by atoms with E-state index in [0.717, 1.165) is 27.7 Å². The van der Waals surface area contributed by atoms with Gasteiger partial charge in [-0.2, -0.15) is 11.8 Å². The number of aromatic carboxylic acids is 1. The second-order valence-electron chi connectivity index (χ2n) is 5.25. The highest BCUT2D eigenvalue weighted by atomic mass is 79.9. The molecule has 20 heavy (non-hydrogen) atoms. The highest BCUT2D eigenvalue weighted by Crippen LogP contribution is 2.31. The van der Waals surface area contributed by atoms with Crippen LogP contribution in [0, 0.1) is 5.92 Å². The summed E-state index contributed by atoms with van der Waals surface area (Å²) in [5.74, 6) is 2.33. The molecule has 0 atom stereocenters. The van der Waals surface area contributed by atoms with Crippen LogP contribution in [0.1, 0.15) is 28.8 Å². The molecule has 3 rings (SSSR count). The number of aromatic nitrogens is 1. The molecule has 2 N–H and O–H groups in total. The van der Waals surface area contributed by atoms with Gasteiger partial charge in [0.25, 0.3) is 0 Å². The Kier molecular flexibility index (Phi) is 4.08. The summed E-state index contributed by atoms with van der Waals surface area (Å²) in [5.41, 5.74) is 2.31.